The number of para-hydroxylation sites is 4. The minimum atomic E-state index is 0.627. The minimum absolute atomic E-state index is 0.627. The second-order valence-corrected chi connectivity index (χ2v) is 15.4. The van der Waals surface area contributed by atoms with Crippen molar-refractivity contribution in [2.75, 3.05) is 0 Å². The Bertz CT molecular complexity index is 3360. The number of rotatable bonds is 5. The summed E-state index contributed by atoms with van der Waals surface area (Å²) in [5, 5.41) is 7.12. The Morgan fingerprint density at radius 1 is 0.351 bits per heavy atom. The van der Waals surface area contributed by atoms with Crippen LogP contribution in [0.1, 0.15) is 0 Å². The van der Waals surface area contributed by atoms with Gasteiger partial charge in [-0.3, -0.25) is 0 Å². The van der Waals surface area contributed by atoms with E-state index in [1.807, 2.05) is 47.7 Å². The van der Waals surface area contributed by atoms with Crippen LogP contribution in [0.3, 0.4) is 0 Å². The molecule has 57 heavy (non-hydrogen) atoms. The summed E-state index contributed by atoms with van der Waals surface area (Å²) in [5.41, 5.74) is 9.52. The Morgan fingerprint density at radius 3 is 1.23 bits per heavy atom. The maximum Gasteiger partial charge on any atom is 0.166 e. The third kappa shape index (κ3) is 4.84. The highest BCUT2D eigenvalue weighted by molar-refractivity contribution is 7.26. The SMILES string of the molecule is c1ccc(-c2nc(-c3ccccc3)nc(-c3c(-n4c5ccccc5c5ccccc54)cc(-n4c5ccccc5c5ccccc54)c4sc5ccccc5c34)n2)cc1. The first kappa shape index (κ1) is 31.9. The molecule has 0 aliphatic rings. The highest BCUT2D eigenvalue weighted by atomic mass is 32.1. The Morgan fingerprint density at radius 2 is 0.737 bits per heavy atom. The van der Waals surface area contributed by atoms with E-state index in [1.54, 1.807) is 0 Å². The third-order valence-electron chi connectivity index (χ3n) is 11.2. The average Bonchev–Trinajstić information content (AvgIpc) is 3.95. The van der Waals surface area contributed by atoms with Gasteiger partial charge in [-0.05, 0) is 36.4 Å². The predicted octanol–water partition coefficient (Wildman–Crippen LogP) is 13.4. The van der Waals surface area contributed by atoms with Crippen LogP contribution in [-0.2, 0) is 0 Å². The molecule has 0 aliphatic carbocycles. The quantitative estimate of drug-likeness (QED) is 0.176. The fourth-order valence-corrected chi connectivity index (χ4v) is 9.94. The molecule has 0 spiro atoms. The van der Waals surface area contributed by atoms with Gasteiger partial charge >= 0.3 is 0 Å². The molecule has 8 aromatic carbocycles. The molecule has 0 radical (unpaired) electrons. The minimum Gasteiger partial charge on any atom is -0.308 e. The summed E-state index contributed by atoms with van der Waals surface area (Å²) < 4.78 is 7.26. The lowest BCUT2D eigenvalue weighted by atomic mass is 10.0. The molecule has 266 valence electrons. The second kappa shape index (κ2) is 12.6. The third-order valence-corrected chi connectivity index (χ3v) is 12.4. The predicted molar refractivity (Wildman–Crippen MR) is 238 cm³/mol. The van der Waals surface area contributed by atoms with E-state index in [0.717, 1.165) is 55.5 Å². The molecule has 0 bridgehead atoms. The molecule has 12 aromatic rings. The number of hydrogen-bond acceptors (Lipinski definition) is 4. The highest BCUT2D eigenvalue weighted by Crippen LogP contribution is 2.49. The van der Waals surface area contributed by atoms with Crippen molar-refractivity contribution >= 4 is 75.1 Å². The fraction of sp³-hybridized carbons (Fsp3) is 0. The first-order valence-corrected chi connectivity index (χ1v) is 19.9. The van der Waals surface area contributed by atoms with Crippen LogP contribution in [0.2, 0.25) is 0 Å². The monoisotopic (exact) mass is 745 g/mol. The zero-order valence-corrected chi connectivity index (χ0v) is 31.4. The molecule has 0 N–H and O–H groups in total. The number of benzene rings is 8. The molecular weight excluding hydrogens is 715 g/mol. The van der Waals surface area contributed by atoms with Gasteiger partial charge in [-0.2, -0.15) is 0 Å². The van der Waals surface area contributed by atoms with Crippen molar-refractivity contribution in [2.24, 2.45) is 0 Å². The molecule has 4 aromatic heterocycles. The van der Waals surface area contributed by atoms with Crippen LogP contribution in [0.25, 0.3) is 109 Å². The van der Waals surface area contributed by atoms with Gasteiger partial charge in [0.05, 0.1) is 43.7 Å². The Hall–Kier alpha value is -7.41. The molecule has 5 nitrogen and oxygen atoms in total. The first-order valence-electron chi connectivity index (χ1n) is 19.1. The van der Waals surface area contributed by atoms with Crippen molar-refractivity contribution in [3.8, 4) is 45.5 Å². The Kier molecular flexibility index (Phi) is 7.03. The largest absolute Gasteiger partial charge is 0.308 e. The number of aromatic nitrogens is 5. The van der Waals surface area contributed by atoms with Crippen LogP contribution in [0, 0.1) is 0 Å². The molecule has 4 heterocycles. The van der Waals surface area contributed by atoms with Crippen LogP contribution >= 0.6 is 11.3 Å². The normalized spacial score (nSPS) is 11.9. The molecule has 6 heteroatoms. The molecule has 12 rings (SSSR count). The Labute approximate surface area is 331 Å². The van der Waals surface area contributed by atoms with Gasteiger partial charge in [-0.15, -0.1) is 11.3 Å². The van der Waals surface area contributed by atoms with Gasteiger partial charge in [0.15, 0.2) is 17.5 Å². The zero-order chi connectivity index (χ0) is 37.5. The highest BCUT2D eigenvalue weighted by Gasteiger charge is 2.27. The number of hydrogen-bond donors (Lipinski definition) is 0. The summed E-state index contributed by atoms with van der Waals surface area (Å²) in [4.78, 5) is 16.0. The molecule has 0 aliphatic heterocycles. The molecular formula is C51H31N5S. The van der Waals surface area contributed by atoms with Gasteiger partial charge in [0.2, 0.25) is 0 Å². The summed E-state index contributed by atoms with van der Waals surface area (Å²) in [6.07, 6.45) is 0. The van der Waals surface area contributed by atoms with E-state index in [4.69, 9.17) is 15.0 Å². The molecule has 0 amide bonds. The standard InChI is InChI=1S/C51H31N5S/c1-3-17-32(18-4-1)49-52-50(33-19-5-2-6-20-33)54-51(53-49)47-43(55-39-26-12-7-21-34(39)35-22-8-13-27-40(35)55)31-44(48-46(47)38-25-11-16-30-45(38)57-48)56-41-28-14-9-23-36(41)37-24-10-15-29-42(37)56/h1-31H. The molecule has 0 unspecified atom stereocenters. The molecule has 0 saturated heterocycles. The van der Waals surface area contributed by atoms with Crippen molar-refractivity contribution < 1.29 is 0 Å². The van der Waals surface area contributed by atoms with E-state index >= 15 is 0 Å². The zero-order valence-electron chi connectivity index (χ0n) is 30.5. The van der Waals surface area contributed by atoms with Crippen molar-refractivity contribution in [1.82, 2.24) is 24.1 Å². The lowest BCUT2D eigenvalue weighted by molar-refractivity contribution is 1.07. The van der Waals surface area contributed by atoms with E-state index in [2.05, 4.69) is 161 Å². The first-order chi connectivity index (χ1) is 28.3. The summed E-state index contributed by atoms with van der Waals surface area (Å²) in [7, 11) is 0. The summed E-state index contributed by atoms with van der Waals surface area (Å²) in [6.45, 7) is 0. The van der Waals surface area contributed by atoms with E-state index in [9.17, 15) is 0 Å². The molecule has 0 saturated carbocycles. The van der Waals surface area contributed by atoms with Crippen LogP contribution in [0.15, 0.2) is 188 Å². The van der Waals surface area contributed by atoms with Crippen LogP contribution in [0.5, 0.6) is 0 Å². The second-order valence-electron chi connectivity index (χ2n) is 14.4. The van der Waals surface area contributed by atoms with Gasteiger partial charge < -0.3 is 9.13 Å². The van der Waals surface area contributed by atoms with Gasteiger partial charge in [-0.25, -0.2) is 15.0 Å². The molecule has 0 fully saturated rings. The van der Waals surface area contributed by atoms with Gasteiger partial charge in [-0.1, -0.05) is 152 Å². The number of fused-ring (bicyclic) bond motifs is 9. The van der Waals surface area contributed by atoms with Crippen molar-refractivity contribution in [2.45, 2.75) is 0 Å². The Balaban J connectivity index is 1.32. The van der Waals surface area contributed by atoms with Gasteiger partial charge in [0, 0.05) is 48.1 Å². The topological polar surface area (TPSA) is 48.5 Å². The van der Waals surface area contributed by atoms with Crippen molar-refractivity contribution in [1.29, 1.82) is 0 Å². The maximum atomic E-state index is 5.42. The van der Waals surface area contributed by atoms with E-state index in [1.165, 1.54) is 36.3 Å². The lowest BCUT2D eigenvalue weighted by Crippen LogP contribution is -2.06. The number of nitrogens with zero attached hydrogens (tertiary/aromatic N) is 5. The van der Waals surface area contributed by atoms with E-state index < -0.39 is 0 Å². The lowest BCUT2D eigenvalue weighted by Gasteiger charge is -2.19. The van der Waals surface area contributed by atoms with Gasteiger partial charge in [0.25, 0.3) is 0 Å². The van der Waals surface area contributed by atoms with Crippen LogP contribution < -0.4 is 0 Å². The van der Waals surface area contributed by atoms with Crippen molar-refractivity contribution in [3.63, 3.8) is 0 Å². The number of thiophene rings is 1. The van der Waals surface area contributed by atoms with Crippen molar-refractivity contribution in [3.05, 3.63) is 188 Å². The average molecular weight is 746 g/mol. The summed E-state index contributed by atoms with van der Waals surface area (Å²) in [5.74, 6) is 1.89. The summed E-state index contributed by atoms with van der Waals surface area (Å²) in [6, 6.07) is 66.6. The van der Waals surface area contributed by atoms with Gasteiger partial charge in [0.1, 0.15) is 0 Å². The van der Waals surface area contributed by atoms with E-state index in [-0.39, 0.29) is 0 Å². The maximum absolute atomic E-state index is 5.42. The van der Waals surface area contributed by atoms with E-state index in [0.29, 0.717) is 17.5 Å². The summed E-state index contributed by atoms with van der Waals surface area (Å²) >= 11 is 1.83. The molecule has 0 atom stereocenters. The van der Waals surface area contributed by atoms with Crippen LogP contribution in [-0.4, -0.2) is 24.1 Å². The van der Waals surface area contributed by atoms with Crippen LogP contribution in [0.4, 0.5) is 0 Å². The smallest absolute Gasteiger partial charge is 0.166 e. The fourth-order valence-electron chi connectivity index (χ4n) is 8.72.